The molecule has 5 rings (SSSR count). The van der Waals surface area contributed by atoms with Gasteiger partial charge in [0.15, 0.2) is 0 Å². The van der Waals surface area contributed by atoms with Crippen molar-refractivity contribution in [1.29, 1.82) is 0 Å². The number of amides is 1. The molecule has 39 heavy (non-hydrogen) atoms. The number of halogens is 1. The van der Waals surface area contributed by atoms with Gasteiger partial charge in [-0.3, -0.25) is 9.59 Å². The Morgan fingerprint density at radius 2 is 1.74 bits per heavy atom. The molecule has 198 valence electrons. The molecule has 1 aliphatic rings. The summed E-state index contributed by atoms with van der Waals surface area (Å²) in [5.41, 5.74) is 3.56. The number of aliphatic hydroxyl groups excluding tert-OH is 1. The van der Waals surface area contributed by atoms with Gasteiger partial charge in [-0.15, -0.1) is 0 Å². The molecule has 1 unspecified atom stereocenters. The molecule has 1 aromatic heterocycles. The Labute approximate surface area is 240 Å². The van der Waals surface area contributed by atoms with Gasteiger partial charge in [-0.2, -0.15) is 0 Å². The van der Waals surface area contributed by atoms with Crippen molar-refractivity contribution in [1.82, 2.24) is 14.5 Å². The quantitative estimate of drug-likeness (QED) is 0.108. The number of carbonyl (C=O) groups excluding carboxylic acids is 2. The number of hydrogen-bond acceptors (Lipinski definition) is 5. The highest BCUT2D eigenvalue weighted by molar-refractivity contribution is 14.1. The topological polar surface area (TPSA) is 84.7 Å². The fourth-order valence-corrected chi connectivity index (χ4v) is 5.10. The molecule has 0 radical (unpaired) electrons. The minimum absolute atomic E-state index is 0.0948. The zero-order valence-corrected chi connectivity index (χ0v) is 23.6. The highest BCUT2D eigenvalue weighted by Gasteiger charge is 2.45. The Hall–Kier alpha value is -3.92. The summed E-state index contributed by atoms with van der Waals surface area (Å²) in [4.78, 5) is 32.1. The Morgan fingerprint density at radius 3 is 2.44 bits per heavy atom. The van der Waals surface area contributed by atoms with E-state index in [2.05, 4.69) is 27.6 Å². The number of aryl methyl sites for hydroxylation is 2. The van der Waals surface area contributed by atoms with E-state index in [9.17, 15) is 14.7 Å². The van der Waals surface area contributed by atoms with E-state index >= 15 is 0 Å². The first-order valence-corrected chi connectivity index (χ1v) is 13.8. The second kappa shape index (κ2) is 11.9. The molecular weight excluding hydrogens is 605 g/mol. The summed E-state index contributed by atoms with van der Waals surface area (Å²) in [6.45, 7) is 3.49. The summed E-state index contributed by atoms with van der Waals surface area (Å²) in [5, 5.41) is 11.3. The predicted molar refractivity (Wildman–Crippen MR) is 157 cm³/mol. The van der Waals surface area contributed by atoms with Crippen molar-refractivity contribution < 1.29 is 19.4 Å². The van der Waals surface area contributed by atoms with Gasteiger partial charge >= 0.3 is 0 Å². The third kappa shape index (κ3) is 5.90. The largest absolute Gasteiger partial charge is 0.507 e. The van der Waals surface area contributed by atoms with Crippen LogP contribution in [0.25, 0.3) is 5.76 Å². The van der Waals surface area contributed by atoms with Gasteiger partial charge in [-0.1, -0.05) is 36.4 Å². The second-order valence-electron chi connectivity index (χ2n) is 9.44. The van der Waals surface area contributed by atoms with Crippen molar-refractivity contribution in [3.8, 4) is 5.75 Å². The Balaban J connectivity index is 1.41. The van der Waals surface area contributed by atoms with Crippen molar-refractivity contribution in [2.24, 2.45) is 0 Å². The molecule has 1 aliphatic heterocycles. The molecule has 3 aromatic carbocycles. The van der Waals surface area contributed by atoms with Crippen LogP contribution in [-0.2, 0) is 22.7 Å². The van der Waals surface area contributed by atoms with Crippen molar-refractivity contribution in [3.05, 3.63) is 123 Å². The maximum absolute atomic E-state index is 13.3. The van der Waals surface area contributed by atoms with E-state index in [1.165, 1.54) is 0 Å². The number of carbonyl (C=O) groups is 2. The highest BCUT2D eigenvalue weighted by atomic mass is 127. The van der Waals surface area contributed by atoms with Crippen molar-refractivity contribution in [2.45, 2.75) is 32.5 Å². The Kier molecular flexibility index (Phi) is 8.11. The number of likely N-dealkylation sites (tertiary alicyclic amines) is 1. The Bertz CT molecular complexity index is 1500. The number of imidazole rings is 1. The Morgan fingerprint density at radius 1 is 1.00 bits per heavy atom. The minimum Gasteiger partial charge on any atom is -0.507 e. The first-order chi connectivity index (χ1) is 18.9. The minimum atomic E-state index is -0.682. The first-order valence-electron chi connectivity index (χ1n) is 12.7. The van der Waals surface area contributed by atoms with Crippen molar-refractivity contribution in [3.63, 3.8) is 0 Å². The second-order valence-corrected chi connectivity index (χ2v) is 10.7. The van der Waals surface area contributed by atoms with Crippen LogP contribution in [0, 0.1) is 10.5 Å². The number of benzene rings is 3. The maximum atomic E-state index is 13.3. The van der Waals surface area contributed by atoms with E-state index in [1.807, 2.05) is 66.2 Å². The molecule has 4 aromatic rings. The van der Waals surface area contributed by atoms with Crippen LogP contribution in [0.5, 0.6) is 5.75 Å². The lowest BCUT2D eigenvalue weighted by molar-refractivity contribution is -0.139. The number of aromatic nitrogens is 2. The molecule has 1 atom stereocenters. The fraction of sp³-hybridized carbons (Fsp3) is 0.194. The van der Waals surface area contributed by atoms with E-state index < -0.39 is 17.7 Å². The van der Waals surface area contributed by atoms with Crippen molar-refractivity contribution in [2.75, 3.05) is 6.54 Å². The van der Waals surface area contributed by atoms with Crippen LogP contribution in [0.2, 0.25) is 0 Å². The van der Waals surface area contributed by atoms with Gasteiger partial charge in [-0.25, -0.2) is 4.98 Å². The molecule has 1 amide bonds. The molecule has 0 spiro atoms. The first kappa shape index (κ1) is 26.7. The average Bonchev–Trinajstić information content (AvgIpc) is 3.55. The van der Waals surface area contributed by atoms with Crippen LogP contribution in [0.4, 0.5) is 0 Å². The van der Waals surface area contributed by atoms with E-state index in [4.69, 9.17) is 4.74 Å². The molecule has 0 bridgehead atoms. The summed E-state index contributed by atoms with van der Waals surface area (Å²) < 4.78 is 8.90. The van der Waals surface area contributed by atoms with Crippen LogP contribution < -0.4 is 4.74 Å². The van der Waals surface area contributed by atoms with Gasteiger partial charge in [0.1, 0.15) is 18.1 Å². The van der Waals surface area contributed by atoms with Gasteiger partial charge in [0, 0.05) is 34.6 Å². The molecule has 1 N–H and O–H groups in total. The van der Waals surface area contributed by atoms with Crippen LogP contribution in [0.1, 0.15) is 34.7 Å². The van der Waals surface area contributed by atoms with Gasteiger partial charge < -0.3 is 19.3 Å². The molecule has 1 saturated heterocycles. The fourth-order valence-electron chi connectivity index (χ4n) is 4.74. The van der Waals surface area contributed by atoms with Gasteiger partial charge in [0.05, 0.1) is 17.9 Å². The monoisotopic (exact) mass is 633 g/mol. The smallest absolute Gasteiger partial charge is 0.295 e. The molecule has 2 heterocycles. The van der Waals surface area contributed by atoms with E-state index in [1.54, 1.807) is 41.7 Å². The molecular formula is C31H28IN3O4. The van der Waals surface area contributed by atoms with Crippen LogP contribution in [0.3, 0.4) is 0 Å². The summed E-state index contributed by atoms with van der Waals surface area (Å²) in [5.74, 6) is -0.842. The normalized spacial score (nSPS) is 16.6. The summed E-state index contributed by atoms with van der Waals surface area (Å²) in [7, 11) is 0. The van der Waals surface area contributed by atoms with Gasteiger partial charge in [0.2, 0.25) is 0 Å². The van der Waals surface area contributed by atoms with Crippen LogP contribution >= 0.6 is 22.6 Å². The number of nitrogens with zero attached hydrogens (tertiary/aromatic N) is 3. The van der Waals surface area contributed by atoms with E-state index in [0.29, 0.717) is 37.4 Å². The summed E-state index contributed by atoms with van der Waals surface area (Å²) >= 11 is 2.22. The SMILES string of the molecule is Cc1ccccc1COc1ccc(C(O)=C2C(=O)C(=O)N(CCCn3ccnc3)C2c2ccc(I)cc2)cc1. The van der Waals surface area contributed by atoms with Gasteiger partial charge in [-0.05, 0) is 89.0 Å². The number of hydrogen-bond donors (Lipinski definition) is 1. The summed E-state index contributed by atoms with van der Waals surface area (Å²) in [6, 6.07) is 21.9. The molecule has 7 nitrogen and oxygen atoms in total. The van der Waals surface area contributed by atoms with Crippen molar-refractivity contribution >= 4 is 40.0 Å². The molecule has 8 heteroatoms. The molecule has 1 fully saturated rings. The zero-order valence-electron chi connectivity index (χ0n) is 21.5. The number of Topliss-reactive ketones (excluding diaryl/α,β-unsaturated/α-hetero) is 1. The lowest BCUT2D eigenvalue weighted by Crippen LogP contribution is -2.31. The average molecular weight is 633 g/mol. The lowest BCUT2D eigenvalue weighted by Gasteiger charge is -2.25. The van der Waals surface area contributed by atoms with E-state index in [-0.39, 0.29) is 11.3 Å². The number of ketones is 1. The standard InChI is InChI=1S/C31H28IN3O4/c1-21-5-2-3-6-24(21)19-39-26-13-9-23(10-14-26)29(36)27-28(22-7-11-25(32)12-8-22)35(31(38)30(27)37)17-4-16-34-18-15-33-20-34/h2-3,5-15,18,20,28,36H,4,16-17,19H2,1H3. The maximum Gasteiger partial charge on any atom is 0.295 e. The zero-order chi connectivity index (χ0) is 27.4. The summed E-state index contributed by atoms with van der Waals surface area (Å²) in [6.07, 6.45) is 5.92. The third-order valence-corrected chi connectivity index (χ3v) is 7.60. The van der Waals surface area contributed by atoms with Crippen LogP contribution in [0.15, 0.2) is 97.1 Å². The predicted octanol–water partition coefficient (Wildman–Crippen LogP) is 5.89. The highest BCUT2D eigenvalue weighted by Crippen LogP contribution is 2.39. The molecule has 0 aliphatic carbocycles. The molecule has 0 saturated carbocycles. The number of ether oxygens (including phenoxy) is 1. The number of aliphatic hydroxyl groups is 1. The third-order valence-electron chi connectivity index (χ3n) is 6.88. The number of rotatable bonds is 9. The van der Waals surface area contributed by atoms with Gasteiger partial charge in [0.25, 0.3) is 11.7 Å². The van der Waals surface area contributed by atoms with E-state index in [0.717, 1.165) is 20.3 Å². The van der Waals surface area contributed by atoms with Crippen LogP contribution in [-0.4, -0.2) is 37.8 Å². The lowest BCUT2D eigenvalue weighted by atomic mass is 9.95.